The molecule has 1 aliphatic carbocycles. The van der Waals surface area contributed by atoms with Crippen molar-refractivity contribution >= 4 is 17.4 Å². The minimum Gasteiger partial charge on any atom is -0.375 e. The molecule has 20 heavy (non-hydrogen) atoms. The molecule has 4 nitrogen and oxygen atoms in total. The van der Waals surface area contributed by atoms with E-state index in [9.17, 15) is 0 Å². The van der Waals surface area contributed by atoms with Crippen molar-refractivity contribution in [1.29, 1.82) is 0 Å². The molecular formula is C15H22ClN3O. The van der Waals surface area contributed by atoms with E-state index in [0.717, 1.165) is 36.1 Å². The van der Waals surface area contributed by atoms with Gasteiger partial charge in [0.15, 0.2) is 0 Å². The Labute approximate surface area is 125 Å². The van der Waals surface area contributed by atoms with Crippen LogP contribution in [-0.2, 0) is 11.3 Å². The summed E-state index contributed by atoms with van der Waals surface area (Å²) in [5.74, 6) is 1.00. The number of halogens is 1. The Hall–Kier alpha value is -0.840. The smallest absolute Gasteiger partial charge is 0.129 e. The first-order valence-electron chi connectivity index (χ1n) is 7.39. The van der Waals surface area contributed by atoms with E-state index in [1.807, 2.05) is 0 Å². The normalized spacial score (nSPS) is 26.9. The zero-order valence-electron chi connectivity index (χ0n) is 12.1. The van der Waals surface area contributed by atoms with Gasteiger partial charge in [0, 0.05) is 25.3 Å². The van der Waals surface area contributed by atoms with Crippen LogP contribution in [0.15, 0.2) is 12.3 Å². The van der Waals surface area contributed by atoms with Crippen molar-refractivity contribution < 1.29 is 4.74 Å². The Balaban J connectivity index is 1.75. The molecule has 0 radical (unpaired) electrons. The molecule has 1 aromatic heterocycles. The number of anilines is 1. The summed E-state index contributed by atoms with van der Waals surface area (Å²) in [6.45, 7) is 6.73. The standard InChI is InChI=1S/C15H22ClN3O/c1-10-9-20-11(2)8-19(10)15-5-12(14(16)7-18-15)6-17-13-3-4-13/h5,7,10-11,13,17H,3-4,6,8-9H2,1-2H3. The Kier molecular flexibility index (Phi) is 4.15. The number of ether oxygens (including phenoxy) is 1. The fourth-order valence-corrected chi connectivity index (χ4v) is 2.69. The molecule has 0 amide bonds. The average molecular weight is 296 g/mol. The minimum atomic E-state index is 0.247. The molecule has 1 saturated heterocycles. The zero-order valence-corrected chi connectivity index (χ0v) is 12.9. The Morgan fingerprint density at radius 3 is 3.00 bits per heavy atom. The SMILES string of the molecule is CC1CN(c2cc(CNC3CC3)c(Cl)cn2)C(C)CO1. The average Bonchev–Trinajstić information content (AvgIpc) is 3.25. The van der Waals surface area contributed by atoms with Crippen molar-refractivity contribution in [3.8, 4) is 0 Å². The van der Waals surface area contributed by atoms with Crippen LogP contribution >= 0.6 is 11.6 Å². The molecule has 0 bridgehead atoms. The van der Waals surface area contributed by atoms with Crippen molar-refractivity contribution in [1.82, 2.24) is 10.3 Å². The Bertz CT molecular complexity index is 478. The molecule has 3 rings (SSSR count). The number of nitrogens with one attached hydrogen (secondary N) is 1. The van der Waals surface area contributed by atoms with Crippen LogP contribution in [0.1, 0.15) is 32.3 Å². The summed E-state index contributed by atoms with van der Waals surface area (Å²) in [4.78, 5) is 6.81. The minimum absolute atomic E-state index is 0.247. The van der Waals surface area contributed by atoms with Gasteiger partial charge in [-0.1, -0.05) is 11.6 Å². The largest absolute Gasteiger partial charge is 0.375 e. The quantitative estimate of drug-likeness (QED) is 0.926. The Morgan fingerprint density at radius 1 is 1.45 bits per heavy atom. The molecule has 2 aliphatic rings. The Morgan fingerprint density at radius 2 is 2.25 bits per heavy atom. The van der Waals surface area contributed by atoms with E-state index in [1.165, 1.54) is 12.8 Å². The molecule has 2 unspecified atom stereocenters. The lowest BCUT2D eigenvalue weighted by Gasteiger charge is -2.37. The number of aromatic nitrogens is 1. The number of hydrogen-bond acceptors (Lipinski definition) is 4. The predicted molar refractivity (Wildman–Crippen MR) is 81.3 cm³/mol. The van der Waals surface area contributed by atoms with E-state index in [1.54, 1.807) is 6.20 Å². The highest BCUT2D eigenvalue weighted by Gasteiger charge is 2.25. The van der Waals surface area contributed by atoms with E-state index in [0.29, 0.717) is 12.1 Å². The summed E-state index contributed by atoms with van der Waals surface area (Å²) in [7, 11) is 0. The van der Waals surface area contributed by atoms with E-state index in [2.05, 4.69) is 35.1 Å². The second kappa shape index (κ2) is 5.88. The summed E-state index contributed by atoms with van der Waals surface area (Å²) < 4.78 is 5.68. The zero-order chi connectivity index (χ0) is 14.1. The molecule has 2 atom stereocenters. The van der Waals surface area contributed by atoms with E-state index in [4.69, 9.17) is 16.3 Å². The molecule has 5 heteroatoms. The van der Waals surface area contributed by atoms with Gasteiger partial charge < -0.3 is 15.0 Å². The molecule has 0 aromatic carbocycles. The van der Waals surface area contributed by atoms with E-state index >= 15 is 0 Å². The van der Waals surface area contributed by atoms with Gasteiger partial charge in [-0.05, 0) is 38.3 Å². The fourth-order valence-electron chi connectivity index (χ4n) is 2.52. The molecule has 1 aromatic rings. The molecule has 1 N–H and O–H groups in total. The van der Waals surface area contributed by atoms with Gasteiger partial charge in [0.25, 0.3) is 0 Å². The van der Waals surface area contributed by atoms with Crippen LogP contribution in [0.25, 0.3) is 0 Å². The highest BCUT2D eigenvalue weighted by atomic mass is 35.5. The van der Waals surface area contributed by atoms with Gasteiger partial charge in [0.05, 0.1) is 23.8 Å². The number of nitrogens with zero attached hydrogens (tertiary/aromatic N) is 2. The summed E-state index contributed by atoms with van der Waals surface area (Å²) in [6, 6.07) is 3.15. The molecule has 1 saturated carbocycles. The second-order valence-corrected chi connectivity index (χ2v) is 6.34. The third kappa shape index (κ3) is 3.25. The van der Waals surface area contributed by atoms with Gasteiger partial charge >= 0.3 is 0 Å². The molecule has 110 valence electrons. The summed E-state index contributed by atoms with van der Waals surface area (Å²) in [6.07, 6.45) is 4.59. The van der Waals surface area contributed by atoms with Crippen LogP contribution in [0.4, 0.5) is 5.82 Å². The van der Waals surface area contributed by atoms with Gasteiger partial charge in [-0.3, -0.25) is 0 Å². The highest BCUT2D eigenvalue weighted by molar-refractivity contribution is 6.31. The first-order chi connectivity index (χ1) is 9.63. The molecule has 0 spiro atoms. The van der Waals surface area contributed by atoms with Crippen LogP contribution < -0.4 is 10.2 Å². The van der Waals surface area contributed by atoms with Crippen LogP contribution in [-0.4, -0.2) is 36.3 Å². The van der Waals surface area contributed by atoms with Gasteiger partial charge in [-0.25, -0.2) is 4.98 Å². The lowest BCUT2D eigenvalue weighted by atomic mass is 10.2. The molecule has 2 heterocycles. The second-order valence-electron chi connectivity index (χ2n) is 5.93. The van der Waals surface area contributed by atoms with Crippen molar-refractivity contribution in [2.24, 2.45) is 0 Å². The van der Waals surface area contributed by atoms with Crippen molar-refractivity contribution in [3.05, 3.63) is 22.8 Å². The lowest BCUT2D eigenvalue weighted by molar-refractivity contribution is 0.0340. The van der Waals surface area contributed by atoms with Crippen LogP contribution in [0, 0.1) is 0 Å². The van der Waals surface area contributed by atoms with Crippen LogP contribution in [0.2, 0.25) is 5.02 Å². The first kappa shape index (κ1) is 14.1. The van der Waals surface area contributed by atoms with Gasteiger partial charge in [0.2, 0.25) is 0 Å². The predicted octanol–water partition coefficient (Wildman–Crippen LogP) is 2.60. The maximum Gasteiger partial charge on any atom is 0.129 e. The number of morpholine rings is 1. The van der Waals surface area contributed by atoms with Gasteiger partial charge in [0.1, 0.15) is 5.82 Å². The number of hydrogen-bond donors (Lipinski definition) is 1. The van der Waals surface area contributed by atoms with Crippen LogP contribution in [0.3, 0.4) is 0 Å². The molecular weight excluding hydrogens is 274 g/mol. The lowest BCUT2D eigenvalue weighted by Crippen LogP contribution is -2.47. The third-order valence-electron chi connectivity index (χ3n) is 3.98. The monoisotopic (exact) mass is 295 g/mol. The number of rotatable bonds is 4. The van der Waals surface area contributed by atoms with Crippen molar-refractivity contribution in [2.75, 3.05) is 18.1 Å². The van der Waals surface area contributed by atoms with Gasteiger partial charge in [-0.2, -0.15) is 0 Å². The third-order valence-corrected chi connectivity index (χ3v) is 4.32. The summed E-state index contributed by atoms with van der Waals surface area (Å²) in [5, 5.41) is 4.25. The maximum atomic E-state index is 6.26. The van der Waals surface area contributed by atoms with Gasteiger partial charge in [-0.15, -0.1) is 0 Å². The van der Waals surface area contributed by atoms with E-state index < -0.39 is 0 Å². The highest BCUT2D eigenvalue weighted by Crippen LogP contribution is 2.26. The van der Waals surface area contributed by atoms with Crippen molar-refractivity contribution in [2.45, 2.75) is 51.4 Å². The number of pyridine rings is 1. The molecule has 2 fully saturated rings. The summed E-state index contributed by atoms with van der Waals surface area (Å²) in [5.41, 5.74) is 1.13. The van der Waals surface area contributed by atoms with E-state index in [-0.39, 0.29) is 6.10 Å². The van der Waals surface area contributed by atoms with Crippen molar-refractivity contribution in [3.63, 3.8) is 0 Å². The maximum absolute atomic E-state index is 6.26. The van der Waals surface area contributed by atoms with Crippen LogP contribution in [0.5, 0.6) is 0 Å². The summed E-state index contributed by atoms with van der Waals surface area (Å²) >= 11 is 6.26. The molecule has 1 aliphatic heterocycles. The fraction of sp³-hybridized carbons (Fsp3) is 0.667. The first-order valence-corrected chi connectivity index (χ1v) is 7.77. The topological polar surface area (TPSA) is 37.4 Å².